The van der Waals surface area contributed by atoms with Gasteiger partial charge in [0.05, 0.1) is 17.2 Å². The number of hydrogen-bond donors (Lipinski definition) is 1. The first-order valence-corrected chi connectivity index (χ1v) is 11.1. The van der Waals surface area contributed by atoms with Gasteiger partial charge in [-0.3, -0.25) is 14.5 Å². The Kier molecular flexibility index (Phi) is 6.57. The SMILES string of the molecule is CCOc1ccc(-c2nn(-c3ccccc3)cc2/C=C2\SC(=S)N(CC(=O)O)C2=O)cc1F. The largest absolute Gasteiger partial charge is 0.491 e. The molecule has 7 nitrogen and oxygen atoms in total. The third-order valence-corrected chi connectivity index (χ3v) is 6.10. The molecule has 2 heterocycles. The monoisotopic (exact) mass is 483 g/mol. The quantitative estimate of drug-likeness (QED) is 0.395. The molecular weight excluding hydrogens is 465 g/mol. The second kappa shape index (κ2) is 9.55. The standard InChI is InChI=1S/C23H18FN3O4S2/c1-2-31-18-9-8-14(10-17(18)24)21-15(12-27(25-21)16-6-4-3-5-7-16)11-19-22(30)26(13-20(28)29)23(32)33-19/h3-12H,2,13H2,1H3,(H,28,29)/b19-11-. The average Bonchev–Trinajstić information content (AvgIpc) is 3.32. The maximum atomic E-state index is 14.6. The lowest BCUT2D eigenvalue weighted by molar-refractivity contribution is -0.140. The summed E-state index contributed by atoms with van der Waals surface area (Å²) in [5.41, 5.74) is 2.28. The molecule has 1 amide bonds. The molecule has 1 aliphatic heterocycles. The van der Waals surface area contributed by atoms with Crippen molar-refractivity contribution < 1.29 is 23.8 Å². The van der Waals surface area contributed by atoms with Crippen LogP contribution in [0.5, 0.6) is 5.75 Å². The van der Waals surface area contributed by atoms with E-state index in [4.69, 9.17) is 22.1 Å². The van der Waals surface area contributed by atoms with E-state index in [-0.39, 0.29) is 15.0 Å². The normalized spacial score (nSPS) is 14.8. The lowest BCUT2D eigenvalue weighted by atomic mass is 10.1. The third kappa shape index (κ3) is 4.81. The highest BCUT2D eigenvalue weighted by Crippen LogP contribution is 2.35. The topological polar surface area (TPSA) is 84.7 Å². The minimum atomic E-state index is -1.16. The molecule has 0 atom stereocenters. The molecule has 1 N–H and O–H groups in total. The van der Waals surface area contributed by atoms with Crippen molar-refractivity contribution in [2.45, 2.75) is 6.92 Å². The first-order chi connectivity index (χ1) is 15.9. The van der Waals surface area contributed by atoms with Gasteiger partial charge in [-0.1, -0.05) is 42.2 Å². The summed E-state index contributed by atoms with van der Waals surface area (Å²) in [7, 11) is 0. The van der Waals surface area contributed by atoms with Gasteiger partial charge in [0.1, 0.15) is 16.6 Å². The van der Waals surface area contributed by atoms with Gasteiger partial charge in [-0.15, -0.1) is 0 Å². The number of thioether (sulfide) groups is 1. The zero-order chi connectivity index (χ0) is 23.5. The van der Waals surface area contributed by atoms with Crippen molar-refractivity contribution in [1.29, 1.82) is 0 Å². The van der Waals surface area contributed by atoms with Gasteiger partial charge in [0.25, 0.3) is 5.91 Å². The number of aromatic nitrogens is 2. The summed E-state index contributed by atoms with van der Waals surface area (Å²) in [6, 6.07) is 13.9. The Bertz CT molecular complexity index is 1270. The molecule has 0 saturated carbocycles. The summed E-state index contributed by atoms with van der Waals surface area (Å²) in [6.07, 6.45) is 3.32. The Morgan fingerprint density at radius 1 is 1.27 bits per heavy atom. The van der Waals surface area contributed by atoms with E-state index in [9.17, 15) is 14.0 Å². The maximum Gasteiger partial charge on any atom is 0.323 e. The van der Waals surface area contributed by atoms with Crippen LogP contribution >= 0.6 is 24.0 Å². The number of thiocarbonyl (C=S) groups is 1. The number of carboxylic acid groups (broad SMARTS) is 1. The number of carbonyl (C=O) groups is 2. The van der Waals surface area contributed by atoms with E-state index in [2.05, 4.69) is 5.10 Å². The minimum Gasteiger partial charge on any atom is -0.491 e. The summed E-state index contributed by atoms with van der Waals surface area (Å²) >= 11 is 6.19. The second-order valence-electron chi connectivity index (χ2n) is 6.95. The molecule has 0 unspecified atom stereocenters. The van der Waals surface area contributed by atoms with E-state index >= 15 is 0 Å². The van der Waals surface area contributed by atoms with Gasteiger partial charge in [0.2, 0.25) is 0 Å². The number of hydrogen-bond acceptors (Lipinski definition) is 6. The van der Waals surface area contributed by atoms with Crippen LogP contribution in [0.1, 0.15) is 12.5 Å². The van der Waals surface area contributed by atoms with Gasteiger partial charge in [-0.05, 0) is 43.3 Å². The summed E-state index contributed by atoms with van der Waals surface area (Å²) in [6.45, 7) is 1.60. The van der Waals surface area contributed by atoms with E-state index < -0.39 is 24.2 Å². The van der Waals surface area contributed by atoms with Crippen LogP contribution in [-0.4, -0.2) is 49.1 Å². The summed E-state index contributed by atoms with van der Waals surface area (Å²) in [5.74, 6) is -2.04. The Morgan fingerprint density at radius 2 is 2.03 bits per heavy atom. The number of carboxylic acids is 1. The number of benzene rings is 2. The molecule has 3 aromatic rings. The number of halogens is 1. The van der Waals surface area contributed by atoms with Crippen LogP contribution in [0.15, 0.2) is 59.6 Å². The lowest BCUT2D eigenvalue weighted by Gasteiger charge is -2.10. The molecule has 4 rings (SSSR count). The molecule has 33 heavy (non-hydrogen) atoms. The number of rotatable bonds is 7. The van der Waals surface area contributed by atoms with Crippen molar-refractivity contribution >= 4 is 46.3 Å². The molecule has 0 spiro atoms. The van der Waals surface area contributed by atoms with Gasteiger partial charge >= 0.3 is 5.97 Å². The Labute approximate surface area is 198 Å². The molecule has 2 aromatic carbocycles. The second-order valence-corrected chi connectivity index (χ2v) is 8.63. The van der Waals surface area contributed by atoms with Crippen molar-refractivity contribution in [3.8, 4) is 22.7 Å². The number of ether oxygens (including phenoxy) is 1. The maximum absolute atomic E-state index is 14.6. The number of carbonyl (C=O) groups excluding carboxylic acids is 1. The van der Waals surface area contributed by atoms with Gasteiger partial charge in [-0.25, -0.2) is 9.07 Å². The smallest absolute Gasteiger partial charge is 0.323 e. The molecule has 0 aliphatic carbocycles. The lowest BCUT2D eigenvalue weighted by Crippen LogP contribution is -2.33. The zero-order valence-corrected chi connectivity index (χ0v) is 19.0. The fraction of sp³-hybridized carbons (Fsp3) is 0.130. The Hall–Kier alpha value is -3.50. The number of aliphatic carboxylic acids is 1. The van der Waals surface area contributed by atoms with E-state index in [1.165, 1.54) is 12.1 Å². The van der Waals surface area contributed by atoms with Crippen molar-refractivity contribution in [2.24, 2.45) is 0 Å². The van der Waals surface area contributed by atoms with E-state index in [0.717, 1.165) is 22.3 Å². The molecule has 10 heteroatoms. The fourth-order valence-electron chi connectivity index (χ4n) is 3.26. The van der Waals surface area contributed by atoms with Gasteiger partial charge in [0, 0.05) is 17.3 Å². The Morgan fingerprint density at radius 3 is 2.70 bits per heavy atom. The molecule has 0 bridgehead atoms. The van der Waals surface area contributed by atoms with Crippen LogP contribution < -0.4 is 4.74 Å². The third-order valence-electron chi connectivity index (χ3n) is 4.72. The summed E-state index contributed by atoms with van der Waals surface area (Å²) < 4.78 is 21.6. The molecule has 1 fully saturated rings. The molecule has 0 radical (unpaired) electrons. The molecule has 1 saturated heterocycles. The molecule has 168 valence electrons. The highest BCUT2D eigenvalue weighted by atomic mass is 32.2. The Balaban J connectivity index is 1.79. The predicted molar refractivity (Wildman–Crippen MR) is 128 cm³/mol. The molecular formula is C23H18FN3O4S2. The molecule has 1 aromatic heterocycles. The van der Waals surface area contributed by atoms with Crippen LogP contribution in [0.4, 0.5) is 4.39 Å². The number of amides is 1. The van der Waals surface area contributed by atoms with Crippen molar-refractivity contribution in [3.05, 3.63) is 71.0 Å². The van der Waals surface area contributed by atoms with Gasteiger partial charge in [-0.2, -0.15) is 5.10 Å². The van der Waals surface area contributed by atoms with Crippen LogP contribution in [0.25, 0.3) is 23.0 Å². The fourth-order valence-corrected chi connectivity index (χ4v) is 4.51. The van der Waals surface area contributed by atoms with Crippen molar-refractivity contribution in [1.82, 2.24) is 14.7 Å². The first kappa shape index (κ1) is 22.7. The highest BCUT2D eigenvalue weighted by Gasteiger charge is 2.33. The number of nitrogens with zero attached hydrogens (tertiary/aromatic N) is 3. The van der Waals surface area contributed by atoms with Gasteiger partial charge < -0.3 is 9.84 Å². The van der Waals surface area contributed by atoms with Crippen LogP contribution in [0, 0.1) is 5.82 Å². The van der Waals surface area contributed by atoms with Crippen molar-refractivity contribution in [2.75, 3.05) is 13.2 Å². The zero-order valence-electron chi connectivity index (χ0n) is 17.4. The first-order valence-electron chi connectivity index (χ1n) is 9.92. The van der Waals surface area contributed by atoms with E-state index in [0.29, 0.717) is 23.4 Å². The van der Waals surface area contributed by atoms with E-state index in [1.807, 2.05) is 30.3 Å². The highest BCUT2D eigenvalue weighted by molar-refractivity contribution is 8.26. The predicted octanol–water partition coefficient (Wildman–Crippen LogP) is 4.36. The number of para-hydroxylation sites is 1. The van der Waals surface area contributed by atoms with Crippen LogP contribution in [0.2, 0.25) is 0 Å². The minimum absolute atomic E-state index is 0.139. The summed E-state index contributed by atoms with van der Waals surface area (Å²) in [5, 5.41) is 13.7. The van der Waals surface area contributed by atoms with Crippen molar-refractivity contribution in [3.63, 3.8) is 0 Å². The summed E-state index contributed by atoms with van der Waals surface area (Å²) in [4.78, 5) is 25.1. The molecule has 1 aliphatic rings. The van der Waals surface area contributed by atoms with E-state index in [1.54, 1.807) is 29.9 Å². The van der Waals surface area contributed by atoms with Gasteiger partial charge in [0.15, 0.2) is 11.6 Å². The average molecular weight is 484 g/mol. The van der Waals surface area contributed by atoms with Crippen LogP contribution in [0.3, 0.4) is 0 Å². The van der Waals surface area contributed by atoms with Crippen LogP contribution in [-0.2, 0) is 9.59 Å².